The normalized spacial score (nSPS) is 13.3. The monoisotopic (exact) mass is 261 g/mol. The SMILES string of the molecule is Cc1nc2ccccn2c1CNC(CO)CC(C)C. The quantitative estimate of drug-likeness (QED) is 0.837. The lowest BCUT2D eigenvalue weighted by Gasteiger charge is -2.18. The zero-order chi connectivity index (χ0) is 13.8. The van der Waals surface area contributed by atoms with Crippen molar-refractivity contribution in [2.75, 3.05) is 6.61 Å². The molecule has 0 amide bonds. The summed E-state index contributed by atoms with van der Waals surface area (Å²) in [5, 5.41) is 12.8. The molecule has 0 aliphatic rings. The van der Waals surface area contributed by atoms with Gasteiger partial charge in [0.1, 0.15) is 5.65 Å². The highest BCUT2D eigenvalue weighted by Crippen LogP contribution is 2.12. The summed E-state index contributed by atoms with van der Waals surface area (Å²) in [4.78, 5) is 4.54. The van der Waals surface area contributed by atoms with Crippen LogP contribution < -0.4 is 5.32 Å². The molecule has 1 unspecified atom stereocenters. The molecule has 104 valence electrons. The number of hydrogen-bond acceptors (Lipinski definition) is 3. The number of aryl methyl sites for hydroxylation is 1. The Morgan fingerprint density at radius 3 is 2.84 bits per heavy atom. The predicted octanol–water partition coefficient (Wildman–Crippen LogP) is 2.14. The third kappa shape index (κ3) is 3.33. The van der Waals surface area contributed by atoms with Crippen LogP contribution in [0.3, 0.4) is 0 Å². The largest absolute Gasteiger partial charge is 0.395 e. The molecule has 19 heavy (non-hydrogen) atoms. The summed E-state index contributed by atoms with van der Waals surface area (Å²) in [5.41, 5.74) is 3.18. The number of pyridine rings is 1. The van der Waals surface area contributed by atoms with Crippen LogP contribution in [0.5, 0.6) is 0 Å². The van der Waals surface area contributed by atoms with Gasteiger partial charge < -0.3 is 14.8 Å². The first kappa shape index (κ1) is 14.0. The maximum absolute atomic E-state index is 9.40. The lowest BCUT2D eigenvalue weighted by Crippen LogP contribution is -2.33. The number of nitrogens with zero attached hydrogens (tertiary/aromatic N) is 2. The van der Waals surface area contributed by atoms with Crippen LogP contribution in [0.1, 0.15) is 31.7 Å². The number of aliphatic hydroxyl groups is 1. The van der Waals surface area contributed by atoms with Crippen LogP contribution in [0.15, 0.2) is 24.4 Å². The van der Waals surface area contributed by atoms with Gasteiger partial charge in [0.05, 0.1) is 18.0 Å². The van der Waals surface area contributed by atoms with E-state index in [1.54, 1.807) is 0 Å². The number of aromatic nitrogens is 2. The molecule has 0 aliphatic heterocycles. The van der Waals surface area contributed by atoms with Gasteiger partial charge in [-0.2, -0.15) is 0 Å². The van der Waals surface area contributed by atoms with Gasteiger partial charge in [0.2, 0.25) is 0 Å². The van der Waals surface area contributed by atoms with Crippen molar-refractivity contribution in [1.29, 1.82) is 0 Å². The van der Waals surface area contributed by atoms with Crippen molar-refractivity contribution in [3.8, 4) is 0 Å². The van der Waals surface area contributed by atoms with E-state index in [0.29, 0.717) is 5.92 Å². The van der Waals surface area contributed by atoms with E-state index in [1.165, 1.54) is 0 Å². The molecular formula is C15H23N3O. The molecule has 0 aliphatic carbocycles. The van der Waals surface area contributed by atoms with E-state index in [9.17, 15) is 5.11 Å². The van der Waals surface area contributed by atoms with Gasteiger partial charge in [-0.05, 0) is 31.4 Å². The predicted molar refractivity (Wildman–Crippen MR) is 77.1 cm³/mol. The fraction of sp³-hybridized carbons (Fsp3) is 0.533. The highest BCUT2D eigenvalue weighted by molar-refractivity contribution is 5.42. The fourth-order valence-corrected chi connectivity index (χ4v) is 2.41. The van der Waals surface area contributed by atoms with E-state index >= 15 is 0 Å². The molecule has 0 saturated carbocycles. The Kier molecular flexibility index (Phi) is 4.56. The van der Waals surface area contributed by atoms with Gasteiger partial charge in [0.25, 0.3) is 0 Å². The molecule has 2 N–H and O–H groups in total. The summed E-state index contributed by atoms with van der Waals surface area (Å²) in [7, 11) is 0. The highest BCUT2D eigenvalue weighted by Gasteiger charge is 2.12. The highest BCUT2D eigenvalue weighted by atomic mass is 16.3. The van der Waals surface area contributed by atoms with E-state index in [4.69, 9.17) is 0 Å². The van der Waals surface area contributed by atoms with Crippen molar-refractivity contribution in [3.05, 3.63) is 35.8 Å². The van der Waals surface area contributed by atoms with Crippen LogP contribution in [-0.2, 0) is 6.54 Å². The second kappa shape index (κ2) is 6.17. The second-order valence-corrected chi connectivity index (χ2v) is 5.46. The lowest BCUT2D eigenvalue weighted by molar-refractivity contribution is 0.223. The van der Waals surface area contributed by atoms with Crippen molar-refractivity contribution in [3.63, 3.8) is 0 Å². The molecule has 2 aromatic heterocycles. The van der Waals surface area contributed by atoms with E-state index in [1.807, 2.05) is 31.3 Å². The Morgan fingerprint density at radius 2 is 2.16 bits per heavy atom. The lowest BCUT2D eigenvalue weighted by atomic mass is 10.0. The van der Waals surface area contributed by atoms with E-state index in [0.717, 1.165) is 30.0 Å². The molecule has 4 nitrogen and oxygen atoms in total. The average molecular weight is 261 g/mol. The minimum absolute atomic E-state index is 0.147. The van der Waals surface area contributed by atoms with Crippen molar-refractivity contribution in [1.82, 2.24) is 14.7 Å². The standard InChI is InChI=1S/C15H23N3O/c1-11(2)8-13(10-19)16-9-14-12(3)17-15-6-4-5-7-18(14)15/h4-7,11,13,16,19H,8-10H2,1-3H3. The Hall–Kier alpha value is -1.39. The van der Waals surface area contributed by atoms with Gasteiger partial charge in [0, 0.05) is 18.8 Å². The first-order valence-electron chi connectivity index (χ1n) is 6.88. The summed E-state index contributed by atoms with van der Waals surface area (Å²) < 4.78 is 2.10. The third-order valence-electron chi connectivity index (χ3n) is 3.36. The maximum Gasteiger partial charge on any atom is 0.137 e. The van der Waals surface area contributed by atoms with Crippen LogP contribution in [0.2, 0.25) is 0 Å². The van der Waals surface area contributed by atoms with Gasteiger partial charge in [-0.25, -0.2) is 4.98 Å². The molecule has 2 rings (SSSR count). The molecule has 2 aromatic rings. The molecule has 0 fully saturated rings. The molecule has 2 heterocycles. The second-order valence-electron chi connectivity index (χ2n) is 5.46. The van der Waals surface area contributed by atoms with Crippen LogP contribution in [-0.4, -0.2) is 27.1 Å². The van der Waals surface area contributed by atoms with Crippen molar-refractivity contribution in [2.45, 2.75) is 39.8 Å². The Labute approximate surface area is 114 Å². The minimum Gasteiger partial charge on any atom is -0.395 e. The summed E-state index contributed by atoms with van der Waals surface area (Å²) in [6.07, 6.45) is 3.01. The van der Waals surface area contributed by atoms with Crippen molar-refractivity contribution in [2.24, 2.45) is 5.92 Å². The summed E-state index contributed by atoms with van der Waals surface area (Å²) >= 11 is 0. The topological polar surface area (TPSA) is 49.6 Å². The number of rotatable bonds is 6. The third-order valence-corrected chi connectivity index (χ3v) is 3.36. The van der Waals surface area contributed by atoms with Gasteiger partial charge in [-0.3, -0.25) is 0 Å². The van der Waals surface area contributed by atoms with Crippen LogP contribution in [0, 0.1) is 12.8 Å². The molecule has 0 spiro atoms. The van der Waals surface area contributed by atoms with Gasteiger partial charge in [-0.15, -0.1) is 0 Å². The zero-order valence-corrected chi connectivity index (χ0v) is 11.9. The smallest absolute Gasteiger partial charge is 0.137 e. The van der Waals surface area contributed by atoms with Crippen molar-refractivity contribution >= 4 is 5.65 Å². The Balaban J connectivity index is 2.10. The number of hydrogen-bond donors (Lipinski definition) is 2. The average Bonchev–Trinajstić information content (AvgIpc) is 2.70. The van der Waals surface area contributed by atoms with Crippen LogP contribution in [0.25, 0.3) is 5.65 Å². The summed E-state index contributed by atoms with van der Waals surface area (Å²) in [5.74, 6) is 0.577. The van der Waals surface area contributed by atoms with Gasteiger partial charge >= 0.3 is 0 Å². The van der Waals surface area contributed by atoms with E-state index in [-0.39, 0.29) is 12.6 Å². The number of fused-ring (bicyclic) bond motifs is 1. The molecule has 4 heteroatoms. The van der Waals surface area contributed by atoms with Crippen molar-refractivity contribution < 1.29 is 5.11 Å². The summed E-state index contributed by atoms with van der Waals surface area (Å²) in [6.45, 7) is 7.27. The minimum atomic E-state index is 0.147. The zero-order valence-electron chi connectivity index (χ0n) is 11.9. The number of imidazole rings is 1. The molecule has 0 saturated heterocycles. The van der Waals surface area contributed by atoms with Crippen LogP contribution in [0.4, 0.5) is 0 Å². The Morgan fingerprint density at radius 1 is 1.37 bits per heavy atom. The Bertz CT molecular complexity index is 533. The molecule has 0 radical (unpaired) electrons. The molecule has 0 bridgehead atoms. The number of aliphatic hydroxyl groups excluding tert-OH is 1. The summed E-state index contributed by atoms with van der Waals surface area (Å²) in [6, 6.07) is 6.16. The fourth-order valence-electron chi connectivity index (χ4n) is 2.41. The molecular weight excluding hydrogens is 238 g/mol. The van der Waals surface area contributed by atoms with E-state index in [2.05, 4.69) is 28.5 Å². The first-order valence-corrected chi connectivity index (χ1v) is 6.88. The molecule has 0 aromatic carbocycles. The number of nitrogens with one attached hydrogen (secondary N) is 1. The van der Waals surface area contributed by atoms with E-state index < -0.39 is 0 Å². The van der Waals surface area contributed by atoms with Gasteiger partial charge in [0.15, 0.2) is 0 Å². The maximum atomic E-state index is 9.40. The first-order chi connectivity index (χ1) is 9.11. The van der Waals surface area contributed by atoms with Crippen LogP contribution >= 0.6 is 0 Å². The van der Waals surface area contributed by atoms with Gasteiger partial charge in [-0.1, -0.05) is 19.9 Å². The molecule has 1 atom stereocenters.